The van der Waals surface area contributed by atoms with Crippen LogP contribution in [-0.2, 0) is 109 Å². The molecule has 0 N–H and O–H groups in total. The Morgan fingerprint density at radius 2 is 0.194 bits per heavy atom. The zero-order chi connectivity index (χ0) is 26.0. The monoisotopic (exact) mass is 623 g/mol. The van der Waals surface area contributed by atoms with Crippen LogP contribution in [0.15, 0.2) is 0 Å². The molecular weight excluding hydrogens is 564 g/mol. The molecule has 0 rings (SSSR count). The second kappa shape index (κ2) is 2960. The van der Waals surface area contributed by atoms with E-state index in [-0.39, 0.29) is 109 Å². The fourth-order valence-corrected chi connectivity index (χ4v) is 0. The van der Waals surface area contributed by atoms with E-state index in [4.69, 9.17) is 15.3 Å². The van der Waals surface area contributed by atoms with Gasteiger partial charge in [-0.2, -0.15) is 90.6 Å². The van der Waals surface area contributed by atoms with E-state index in [1.54, 1.807) is 69.2 Å². The number of hydrogen-bond donors (Lipinski definition) is 0. The molecule has 31 heavy (non-hydrogen) atoms. The Balaban J connectivity index is -0.00000000364. The summed E-state index contributed by atoms with van der Waals surface area (Å²) in [6.45, 7) is 50.0. The van der Waals surface area contributed by atoms with Crippen LogP contribution >= 0.6 is 0 Å². The van der Waals surface area contributed by atoms with Crippen LogP contribution in [0.2, 0.25) is 0 Å². The Bertz CT molecular complexity index is 33.2. The van der Waals surface area contributed by atoms with Gasteiger partial charge < -0.3 is 84.6 Å². The van der Waals surface area contributed by atoms with Crippen molar-refractivity contribution >= 4 is 0 Å². The molecule has 0 bridgehead atoms. The molecule has 0 atom stereocenters. The molecule has 8 heteroatoms. The third kappa shape index (κ3) is 2780. The predicted molar refractivity (Wildman–Crippen MR) is 128 cm³/mol. The molecule has 0 aliphatic heterocycles. The number of hydrogen-bond acceptors (Lipinski definition) is 3. The summed E-state index contributed by atoms with van der Waals surface area (Å²) in [5, 5.41) is 24.8. The van der Waals surface area contributed by atoms with Gasteiger partial charge in [-0.1, -0.05) is 0 Å². The molecule has 0 aromatic carbocycles. The van der Waals surface area contributed by atoms with Crippen molar-refractivity contribution in [1.29, 1.82) is 0 Å². The Morgan fingerprint density at radius 1 is 0.194 bits per heavy atom. The van der Waals surface area contributed by atoms with Gasteiger partial charge in [0.05, 0.1) is 0 Å². The molecule has 0 aromatic rings. The Labute approximate surface area is 280 Å². The summed E-state index contributed by atoms with van der Waals surface area (Å²) in [6, 6.07) is 0. The van der Waals surface area contributed by atoms with Gasteiger partial charge in [0, 0.05) is 0 Å². The van der Waals surface area contributed by atoms with Gasteiger partial charge in [0.25, 0.3) is 0 Å². The van der Waals surface area contributed by atoms with Crippen molar-refractivity contribution in [3.8, 4) is 0 Å². The molecule has 0 unspecified atom stereocenters. The van der Waals surface area contributed by atoms with Crippen LogP contribution in [0.1, 0.15) is 69.2 Å². The summed E-state index contributed by atoms with van der Waals surface area (Å²) in [6.07, 6.45) is 0. The molecule has 0 saturated heterocycles. The summed E-state index contributed by atoms with van der Waals surface area (Å²) in [5.41, 5.74) is 0. The van der Waals surface area contributed by atoms with Crippen molar-refractivity contribution in [1.82, 2.24) is 0 Å². The maximum absolute atomic E-state index is 8.25. The first-order chi connectivity index (χ1) is 13.0. The molecule has 0 amide bonds. The molecule has 3 nitrogen and oxygen atoms in total. The van der Waals surface area contributed by atoms with Gasteiger partial charge in [-0.05, 0) is 0 Å². The van der Waals surface area contributed by atoms with Gasteiger partial charge >= 0.3 is 109 Å². The van der Waals surface area contributed by atoms with Crippen molar-refractivity contribution in [3.05, 3.63) is 69.2 Å². The molecule has 182 valence electrons. The summed E-state index contributed by atoms with van der Waals surface area (Å²) < 4.78 is 0. The van der Waals surface area contributed by atoms with Crippen LogP contribution < -0.4 is 15.3 Å². The first-order valence-electron chi connectivity index (χ1n) is 8.30. The topological polar surface area (TPSA) is 69.2 Å². The molecule has 0 aromatic heterocycles. The van der Waals surface area contributed by atoms with Gasteiger partial charge in [0.1, 0.15) is 0 Å². The van der Waals surface area contributed by atoms with E-state index in [0.29, 0.717) is 0 Å². The van der Waals surface area contributed by atoms with Crippen molar-refractivity contribution in [2.75, 3.05) is 21.3 Å². The maximum Gasteiger partial charge on any atom is 4.00 e. The third-order valence-corrected chi connectivity index (χ3v) is 0. The quantitative estimate of drug-likeness (QED) is 0.271. The van der Waals surface area contributed by atoms with Gasteiger partial charge in [0.2, 0.25) is 0 Å². The van der Waals surface area contributed by atoms with Crippen LogP contribution in [0.5, 0.6) is 0 Å². The minimum atomic E-state index is 0. The molecule has 0 saturated carbocycles. The Kier molecular flexibility index (Phi) is 13600. The Morgan fingerprint density at radius 3 is 0.194 bits per heavy atom. The SMILES string of the molecule is C[O-].C[O-].C[O-].[CH2-]C.[CH2-]C.[CH2-]C.[CH2-]C.[CH2-]C.[CH2-]C.[CH2-]C.[CH2-]C.[CH2-]C.[CH2-]C.[Ti+4].[Ti+4].[Ti+4].[Ti+4].[Ti+4]. The minimum Gasteiger partial charge on any atom is -0.857 e. The van der Waals surface area contributed by atoms with E-state index >= 15 is 0 Å². The first-order valence-corrected chi connectivity index (χ1v) is 8.30. The summed E-state index contributed by atoms with van der Waals surface area (Å²) in [4.78, 5) is 0. The molecule has 0 heterocycles. The molecular formula is C23H59O3Ti5+7. The third-order valence-electron chi connectivity index (χ3n) is 0. The van der Waals surface area contributed by atoms with Crippen molar-refractivity contribution < 1.29 is 124 Å². The van der Waals surface area contributed by atoms with E-state index < -0.39 is 0 Å². The van der Waals surface area contributed by atoms with Gasteiger partial charge in [0.15, 0.2) is 0 Å². The van der Waals surface area contributed by atoms with Gasteiger partial charge in [-0.3, -0.25) is 0 Å². The van der Waals surface area contributed by atoms with Crippen LogP contribution in [0.3, 0.4) is 0 Å². The van der Waals surface area contributed by atoms with Crippen LogP contribution in [0, 0.1) is 69.2 Å². The molecule has 0 aliphatic rings. The van der Waals surface area contributed by atoms with E-state index in [0.717, 1.165) is 21.3 Å². The van der Waals surface area contributed by atoms with Crippen LogP contribution in [0.25, 0.3) is 0 Å². The van der Waals surface area contributed by atoms with Crippen LogP contribution in [0.4, 0.5) is 0 Å². The fraction of sp³-hybridized carbons (Fsp3) is 0.565. The largest absolute Gasteiger partial charge is 4.00 e. The first kappa shape index (κ1) is 142. The van der Waals surface area contributed by atoms with Crippen molar-refractivity contribution in [2.45, 2.75) is 69.2 Å². The smallest absolute Gasteiger partial charge is 0.857 e. The molecule has 0 spiro atoms. The fourth-order valence-electron chi connectivity index (χ4n) is 0. The van der Waals surface area contributed by atoms with Gasteiger partial charge in [-0.15, -0.1) is 0 Å². The second-order valence-electron chi connectivity index (χ2n) is 0. The van der Waals surface area contributed by atoms with E-state index in [9.17, 15) is 0 Å². The summed E-state index contributed by atoms with van der Waals surface area (Å²) in [7, 11) is 2.25. The zero-order valence-corrected chi connectivity index (χ0v) is 31.6. The van der Waals surface area contributed by atoms with Crippen molar-refractivity contribution in [2.24, 2.45) is 0 Å². The average Bonchev–Trinajstić information content (AvgIpc) is 2.90. The van der Waals surface area contributed by atoms with E-state index in [1.807, 2.05) is 0 Å². The zero-order valence-electron chi connectivity index (χ0n) is 23.8. The molecule has 0 radical (unpaired) electrons. The maximum atomic E-state index is 8.25. The van der Waals surface area contributed by atoms with Crippen LogP contribution in [-0.4, -0.2) is 21.3 Å². The second-order valence-corrected chi connectivity index (χ2v) is 0. The standard InChI is InChI=1S/10C2H5.3CH3O.5Ti/c13*1-2;;;;;/h10*1H2,2H3;3*1H3;;;;;/q13*-1;5*+4. The predicted octanol–water partition coefficient (Wildman–Crippen LogP) is 5.32. The average molecular weight is 623 g/mol. The summed E-state index contributed by atoms with van der Waals surface area (Å²) in [5.74, 6) is 0. The van der Waals surface area contributed by atoms with Gasteiger partial charge in [-0.25, -0.2) is 0 Å². The number of rotatable bonds is 0. The van der Waals surface area contributed by atoms with E-state index in [1.165, 1.54) is 0 Å². The Hall–Kier alpha value is 3.45. The minimum absolute atomic E-state index is 0. The van der Waals surface area contributed by atoms with E-state index in [2.05, 4.69) is 69.2 Å². The van der Waals surface area contributed by atoms with Crippen molar-refractivity contribution in [3.63, 3.8) is 0 Å². The summed E-state index contributed by atoms with van der Waals surface area (Å²) >= 11 is 0. The molecule has 0 fully saturated rings. The molecule has 0 aliphatic carbocycles. The normalized spacial score (nSPS) is 2.52.